The summed E-state index contributed by atoms with van der Waals surface area (Å²) in [5, 5.41) is 15.4. The van der Waals surface area contributed by atoms with E-state index < -0.39 is 5.60 Å². The van der Waals surface area contributed by atoms with Crippen molar-refractivity contribution < 1.29 is 5.11 Å². The van der Waals surface area contributed by atoms with Crippen molar-refractivity contribution in [3.05, 3.63) is 95.4 Å². The molecule has 0 unspecified atom stereocenters. The van der Waals surface area contributed by atoms with Crippen LogP contribution in [-0.4, -0.2) is 25.0 Å². The molecular formula is C24H16N4OS. The van der Waals surface area contributed by atoms with Crippen LogP contribution in [0.5, 0.6) is 0 Å². The van der Waals surface area contributed by atoms with Crippen molar-refractivity contribution in [2.75, 3.05) is 0 Å². The van der Waals surface area contributed by atoms with Crippen LogP contribution in [0.3, 0.4) is 0 Å². The van der Waals surface area contributed by atoms with E-state index >= 15 is 0 Å². The van der Waals surface area contributed by atoms with Crippen molar-refractivity contribution >= 4 is 28.4 Å². The van der Waals surface area contributed by atoms with Crippen molar-refractivity contribution in [1.29, 1.82) is 0 Å². The Morgan fingerprint density at radius 1 is 1.07 bits per heavy atom. The molecule has 5 aromatic rings. The largest absolute Gasteiger partial charge is 0.377 e. The normalized spacial score (nSPS) is 17.5. The SMILES string of the molecule is O[C@]1(c2cccc(-c3csc(-c4c[nH]c5ncccc45)n3)c2)C=Cc2ccncc21. The first-order chi connectivity index (χ1) is 14.7. The highest BCUT2D eigenvalue weighted by Crippen LogP contribution is 2.40. The van der Waals surface area contributed by atoms with Gasteiger partial charge in [0, 0.05) is 52.2 Å². The van der Waals surface area contributed by atoms with Gasteiger partial charge in [-0.05, 0) is 41.5 Å². The van der Waals surface area contributed by atoms with Gasteiger partial charge in [-0.25, -0.2) is 9.97 Å². The molecule has 30 heavy (non-hydrogen) atoms. The van der Waals surface area contributed by atoms with Crippen molar-refractivity contribution in [2.45, 2.75) is 5.60 Å². The Labute approximate surface area is 176 Å². The summed E-state index contributed by atoms with van der Waals surface area (Å²) >= 11 is 1.60. The molecule has 6 rings (SSSR count). The molecule has 0 bridgehead atoms. The molecule has 1 aliphatic rings. The molecule has 4 heterocycles. The summed E-state index contributed by atoms with van der Waals surface area (Å²) in [4.78, 5) is 16.6. The van der Waals surface area contributed by atoms with Gasteiger partial charge < -0.3 is 10.1 Å². The summed E-state index contributed by atoms with van der Waals surface area (Å²) in [6, 6.07) is 13.8. The van der Waals surface area contributed by atoms with Crippen LogP contribution >= 0.6 is 11.3 Å². The second-order valence-corrected chi connectivity index (χ2v) is 8.14. The van der Waals surface area contributed by atoms with Gasteiger partial charge in [-0.15, -0.1) is 11.3 Å². The number of hydrogen-bond acceptors (Lipinski definition) is 5. The molecule has 0 saturated heterocycles. The van der Waals surface area contributed by atoms with Crippen LogP contribution in [0.25, 0.3) is 38.9 Å². The van der Waals surface area contributed by atoms with Crippen LogP contribution in [0, 0.1) is 0 Å². The fourth-order valence-corrected chi connectivity index (χ4v) is 4.86. The molecule has 0 radical (unpaired) electrons. The first kappa shape index (κ1) is 17.3. The topological polar surface area (TPSA) is 74.7 Å². The summed E-state index contributed by atoms with van der Waals surface area (Å²) < 4.78 is 0. The minimum absolute atomic E-state index is 0.799. The van der Waals surface area contributed by atoms with Crippen LogP contribution in [0.15, 0.2) is 78.7 Å². The zero-order chi connectivity index (χ0) is 20.1. The Hall–Kier alpha value is -3.61. The zero-order valence-electron chi connectivity index (χ0n) is 15.8. The van der Waals surface area contributed by atoms with E-state index in [1.165, 1.54) is 0 Å². The summed E-state index contributed by atoms with van der Waals surface area (Å²) in [6.45, 7) is 0. The van der Waals surface area contributed by atoms with Gasteiger partial charge in [-0.1, -0.05) is 24.3 Å². The van der Waals surface area contributed by atoms with E-state index in [4.69, 9.17) is 4.98 Å². The molecular weight excluding hydrogens is 392 g/mol. The fraction of sp³-hybridized carbons (Fsp3) is 0.0417. The Bertz CT molecular complexity index is 1430. The van der Waals surface area contributed by atoms with Gasteiger partial charge in [0.2, 0.25) is 0 Å². The lowest BCUT2D eigenvalue weighted by atomic mass is 9.88. The van der Waals surface area contributed by atoms with Gasteiger partial charge in [0.25, 0.3) is 0 Å². The van der Waals surface area contributed by atoms with Gasteiger partial charge >= 0.3 is 0 Å². The molecule has 2 N–H and O–H groups in total. The van der Waals surface area contributed by atoms with Gasteiger partial charge in [0.1, 0.15) is 16.3 Å². The number of aromatic nitrogens is 4. The number of aromatic amines is 1. The number of nitrogens with one attached hydrogen (secondary N) is 1. The predicted molar refractivity (Wildman–Crippen MR) is 119 cm³/mol. The summed E-state index contributed by atoms with van der Waals surface area (Å²) in [7, 11) is 0. The average Bonchev–Trinajstić information content (AvgIpc) is 3.52. The van der Waals surface area contributed by atoms with Gasteiger partial charge in [0.15, 0.2) is 0 Å². The van der Waals surface area contributed by atoms with E-state index in [-0.39, 0.29) is 0 Å². The van der Waals surface area contributed by atoms with Crippen molar-refractivity contribution in [2.24, 2.45) is 0 Å². The first-order valence-corrected chi connectivity index (χ1v) is 10.5. The van der Waals surface area contributed by atoms with Crippen molar-refractivity contribution in [1.82, 2.24) is 19.9 Å². The highest BCUT2D eigenvalue weighted by molar-refractivity contribution is 7.13. The molecule has 4 aromatic heterocycles. The number of H-pyrrole nitrogens is 1. The number of nitrogens with zero attached hydrogens (tertiary/aromatic N) is 3. The van der Waals surface area contributed by atoms with Crippen LogP contribution in [0.2, 0.25) is 0 Å². The third-order valence-electron chi connectivity index (χ3n) is 5.55. The van der Waals surface area contributed by atoms with Crippen LogP contribution in [0.1, 0.15) is 16.7 Å². The lowest BCUT2D eigenvalue weighted by Gasteiger charge is -2.23. The molecule has 1 aromatic carbocycles. The summed E-state index contributed by atoms with van der Waals surface area (Å²) in [5.74, 6) is 0. The lowest BCUT2D eigenvalue weighted by molar-refractivity contribution is 0.138. The number of benzene rings is 1. The van der Waals surface area contributed by atoms with E-state index in [1.807, 2.05) is 66.2 Å². The number of thiazole rings is 1. The fourth-order valence-electron chi connectivity index (χ4n) is 4.00. The van der Waals surface area contributed by atoms with Gasteiger partial charge in [-0.2, -0.15) is 0 Å². The number of hydrogen-bond donors (Lipinski definition) is 2. The number of aliphatic hydroxyl groups is 1. The maximum absolute atomic E-state index is 11.4. The molecule has 0 fully saturated rings. The number of fused-ring (bicyclic) bond motifs is 2. The Morgan fingerprint density at radius 3 is 3.00 bits per heavy atom. The molecule has 0 spiro atoms. The van der Waals surface area contributed by atoms with E-state index in [0.29, 0.717) is 0 Å². The van der Waals surface area contributed by atoms with Crippen molar-refractivity contribution in [3.63, 3.8) is 0 Å². The maximum Gasteiger partial charge on any atom is 0.137 e. The van der Waals surface area contributed by atoms with E-state index in [1.54, 1.807) is 29.9 Å². The maximum atomic E-state index is 11.4. The minimum Gasteiger partial charge on any atom is -0.377 e. The molecule has 5 nitrogen and oxygen atoms in total. The molecule has 6 heteroatoms. The van der Waals surface area contributed by atoms with Crippen molar-refractivity contribution in [3.8, 4) is 21.8 Å². The van der Waals surface area contributed by atoms with Crippen LogP contribution < -0.4 is 0 Å². The predicted octanol–water partition coefficient (Wildman–Crippen LogP) is 5.01. The lowest BCUT2D eigenvalue weighted by Crippen LogP contribution is -2.22. The molecule has 0 aliphatic heterocycles. The Kier molecular flexibility index (Phi) is 3.71. The monoisotopic (exact) mass is 408 g/mol. The quantitative estimate of drug-likeness (QED) is 0.440. The second-order valence-electron chi connectivity index (χ2n) is 7.28. The van der Waals surface area contributed by atoms with Crippen LogP contribution in [0.4, 0.5) is 0 Å². The Balaban J connectivity index is 1.40. The molecule has 1 aliphatic carbocycles. The smallest absolute Gasteiger partial charge is 0.137 e. The van der Waals surface area contributed by atoms with Gasteiger partial charge in [0.05, 0.1) is 5.69 Å². The molecule has 0 amide bonds. The number of pyridine rings is 2. The van der Waals surface area contributed by atoms with E-state index in [0.717, 1.165) is 49.6 Å². The summed E-state index contributed by atoms with van der Waals surface area (Å²) in [5.41, 5.74) is 5.15. The third-order valence-corrected chi connectivity index (χ3v) is 6.43. The minimum atomic E-state index is -1.18. The third kappa shape index (κ3) is 2.55. The van der Waals surface area contributed by atoms with Gasteiger partial charge in [-0.3, -0.25) is 4.98 Å². The second kappa shape index (κ2) is 6.45. The summed E-state index contributed by atoms with van der Waals surface area (Å²) in [6.07, 6.45) is 11.0. The standard InChI is InChI=1S/C24H16N4OS/c29-24(8-6-15-7-10-25-13-20(15)24)17-4-1-3-16(11-17)21-14-30-23(28-21)19-12-27-22-18(19)5-2-9-26-22/h1-14,29H,(H,26,27)/t24-/m0/s1. The molecule has 0 saturated carbocycles. The zero-order valence-corrected chi connectivity index (χ0v) is 16.6. The average molecular weight is 408 g/mol. The number of rotatable bonds is 3. The first-order valence-electron chi connectivity index (χ1n) is 9.57. The molecule has 144 valence electrons. The van der Waals surface area contributed by atoms with Crippen LogP contribution in [-0.2, 0) is 5.60 Å². The van der Waals surface area contributed by atoms with E-state index in [9.17, 15) is 5.11 Å². The highest BCUT2D eigenvalue weighted by Gasteiger charge is 2.34. The van der Waals surface area contributed by atoms with E-state index in [2.05, 4.69) is 15.0 Å². The highest BCUT2D eigenvalue weighted by atomic mass is 32.1. The molecule has 1 atom stereocenters. The Morgan fingerprint density at radius 2 is 2.03 bits per heavy atom.